The molecule has 0 aromatic carbocycles. The molecule has 0 aromatic rings. The molecule has 0 heterocycles. The highest BCUT2D eigenvalue weighted by molar-refractivity contribution is 5.71. The summed E-state index contributed by atoms with van der Waals surface area (Å²) in [5, 5.41) is 0. The lowest BCUT2D eigenvalue weighted by molar-refractivity contribution is -0.167. The molecular formula is C73H120O6. The lowest BCUT2D eigenvalue weighted by Crippen LogP contribution is -2.30. The van der Waals surface area contributed by atoms with Crippen LogP contribution < -0.4 is 0 Å². The zero-order valence-electron chi connectivity index (χ0n) is 51.3. The third kappa shape index (κ3) is 64.3. The van der Waals surface area contributed by atoms with Gasteiger partial charge in [-0.15, -0.1) is 0 Å². The van der Waals surface area contributed by atoms with Crippen molar-refractivity contribution in [2.24, 2.45) is 0 Å². The second kappa shape index (κ2) is 66.1. The molecule has 0 radical (unpaired) electrons. The normalized spacial score (nSPS) is 13.0. The third-order valence-corrected chi connectivity index (χ3v) is 13.6. The van der Waals surface area contributed by atoms with Gasteiger partial charge in [-0.25, -0.2) is 0 Å². The molecule has 0 rings (SSSR count). The van der Waals surface area contributed by atoms with Crippen molar-refractivity contribution in [1.29, 1.82) is 0 Å². The van der Waals surface area contributed by atoms with Crippen LogP contribution in [0.25, 0.3) is 0 Å². The highest BCUT2D eigenvalue weighted by Gasteiger charge is 2.19. The second-order valence-corrected chi connectivity index (χ2v) is 21.3. The molecule has 0 aliphatic rings. The summed E-state index contributed by atoms with van der Waals surface area (Å²) in [6.07, 6.45) is 93.1. The van der Waals surface area contributed by atoms with Crippen LogP contribution in [0.2, 0.25) is 0 Å². The Morgan fingerprint density at radius 2 is 0.494 bits per heavy atom. The van der Waals surface area contributed by atoms with E-state index in [4.69, 9.17) is 14.2 Å². The minimum Gasteiger partial charge on any atom is -0.462 e. The van der Waals surface area contributed by atoms with Crippen LogP contribution in [-0.2, 0) is 28.6 Å². The number of carbonyl (C=O) groups is 3. The Bertz CT molecular complexity index is 1680. The highest BCUT2D eigenvalue weighted by atomic mass is 16.6. The summed E-state index contributed by atoms with van der Waals surface area (Å²) in [6.45, 7) is 6.45. The minimum absolute atomic E-state index is 0.106. The lowest BCUT2D eigenvalue weighted by atomic mass is 10.1. The summed E-state index contributed by atoms with van der Waals surface area (Å²) in [7, 11) is 0. The first-order chi connectivity index (χ1) is 39.0. The quantitative estimate of drug-likeness (QED) is 0.0261. The van der Waals surface area contributed by atoms with Gasteiger partial charge in [-0.3, -0.25) is 14.4 Å². The van der Waals surface area contributed by atoms with E-state index in [-0.39, 0.29) is 37.5 Å². The number of hydrogen-bond acceptors (Lipinski definition) is 6. The van der Waals surface area contributed by atoms with Crippen molar-refractivity contribution in [3.05, 3.63) is 134 Å². The number of esters is 3. The maximum absolute atomic E-state index is 12.9. The van der Waals surface area contributed by atoms with E-state index < -0.39 is 6.10 Å². The molecule has 0 amide bonds. The molecule has 0 fully saturated rings. The van der Waals surface area contributed by atoms with E-state index in [1.54, 1.807) is 0 Å². The van der Waals surface area contributed by atoms with Gasteiger partial charge >= 0.3 is 17.9 Å². The first-order valence-corrected chi connectivity index (χ1v) is 32.7. The van der Waals surface area contributed by atoms with E-state index in [2.05, 4.69) is 154 Å². The Kier molecular flexibility index (Phi) is 62.3. The predicted octanol–water partition coefficient (Wildman–Crippen LogP) is 22.5. The molecule has 0 N–H and O–H groups in total. The van der Waals surface area contributed by atoms with Gasteiger partial charge in [0.15, 0.2) is 6.10 Å². The maximum atomic E-state index is 12.9. The first-order valence-electron chi connectivity index (χ1n) is 32.7. The van der Waals surface area contributed by atoms with Gasteiger partial charge in [-0.2, -0.15) is 0 Å². The summed E-state index contributed by atoms with van der Waals surface area (Å²) in [4.78, 5) is 38.3. The van der Waals surface area contributed by atoms with Crippen LogP contribution in [0.15, 0.2) is 134 Å². The molecule has 448 valence electrons. The van der Waals surface area contributed by atoms with Crippen LogP contribution in [0.5, 0.6) is 0 Å². The van der Waals surface area contributed by atoms with E-state index in [0.29, 0.717) is 19.3 Å². The van der Waals surface area contributed by atoms with Crippen molar-refractivity contribution in [2.45, 2.75) is 297 Å². The average molecular weight is 1090 g/mol. The van der Waals surface area contributed by atoms with Crippen molar-refractivity contribution in [3.63, 3.8) is 0 Å². The standard InChI is InChI=1S/C73H120O6/c1-4-7-10-13-16-19-22-25-28-30-32-34-35-36-37-39-40-42-45-48-51-54-57-60-63-66-72(75)78-69-70(68-77-71(74)65-62-59-56-53-50-47-44-27-24-21-18-15-12-9-6-3)79-73(76)67-64-61-58-55-52-49-46-43-41-38-33-31-29-26-23-20-17-14-11-8-5-2/h8,11,17-18,20-22,25-27,29-30,32-33,35-36,38,43-44,46,52,55,70H,4-7,9-10,12-16,19,23-24,28,31,34,37,39-42,45,47-51,53-54,56-69H2,1-3H3/b11-8-,20-17-,21-18-,25-22-,29-26-,32-30-,36-35-,38-33-,44-27-,46-43-,55-52-. The van der Waals surface area contributed by atoms with E-state index in [1.807, 2.05) is 0 Å². The van der Waals surface area contributed by atoms with Crippen molar-refractivity contribution >= 4 is 17.9 Å². The van der Waals surface area contributed by atoms with Crippen molar-refractivity contribution in [2.75, 3.05) is 13.2 Å². The predicted molar refractivity (Wildman–Crippen MR) is 343 cm³/mol. The SMILES string of the molecule is CC/C=C\C/C=C\C/C=C\C/C=C\C/C=C\C/C=C\CCCCC(=O)OC(COC(=O)CCCCCCC/C=C\C/C=C\CCCCC)COC(=O)CCCCCCCCCCCC/C=C\C/C=C\C/C=C\CCCCCCC. The van der Waals surface area contributed by atoms with Crippen LogP contribution in [0.1, 0.15) is 290 Å². The van der Waals surface area contributed by atoms with Crippen molar-refractivity contribution in [3.8, 4) is 0 Å². The fourth-order valence-electron chi connectivity index (χ4n) is 8.72. The number of carbonyl (C=O) groups excluding carboxylic acids is 3. The van der Waals surface area contributed by atoms with E-state index >= 15 is 0 Å². The minimum atomic E-state index is -0.815. The van der Waals surface area contributed by atoms with E-state index in [0.717, 1.165) is 128 Å². The zero-order chi connectivity index (χ0) is 57.1. The number of ether oxygens (including phenoxy) is 3. The van der Waals surface area contributed by atoms with Crippen molar-refractivity contribution < 1.29 is 28.6 Å². The lowest BCUT2D eigenvalue weighted by Gasteiger charge is -2.18. The Hall–Kier alpha value is -4.45. The monoisotopic (exact) mass is 1090 g/mol. The second-order valence-electron chi connectivity index (χ2n) is 21.3. The van der Waals surface area contributed by atoms with E-state index in [9.17, 15) is 14.4 Å². The van der Waals surface area contributed by atoms with Gasteiger partial charge in [0.05, 0.1) is 0 Å². The van der Waals surface area contributed by atoms with E-state index in [1.165, 1.54) is 116 Å². The molecule has 79 heavy (non-hydrogen) atoms. The van der Waals surface area contributed by atoms with Gasteiger partial charge in [0.25, 0.3) is 0 Å². The smallest absolute Gasteiger partial charge is 0.306 e. The van der Waals surface area contributed by atoms with Gasteiger partial charge in [0.2, 0.25) is 0 Å². The van der Waals surface area contributed by atoms with Gasteiger partial charge in [-0.05, 0) is 141 Å². The fraction of sp³-hybridized carbons (Fsp3) is 0.658. The number of unbranched alkanes of at least 4 members (excludes halogenated alkanes) is 25. The van der Waals surface area contributed by atoms with Crippen LogP contribution in [0, 0.1) is 0 Å². The number of allylic oxidation sites excluding steroid dienone is 22. The Labute approximate surface area is 487 Å². The molecule has 0 saturated heterocycles. The molecular weight excluding hydrogens is 973 g/mol. The van der Waals surface area contributed by atoms with Gasteiger partial charge in [0, 0.05) is 19.3 Å². The zero-order valence-corrected chi connectivity index (χ0v) is 51.3. The van der Waals surface area contributed by atoms with Gasteiger partial charge < -0.3 is 14.2 Å². The molecule has 0 saturated carbocycles. The molecule has 0 aliphatic heterocycles. The molecule has 6 nitrogen and oxygen atoms in total. The molecule has 6 heteroatoms. The van der Waals surface area contributed by atoms with Crippen molar-refractivity contribution in [1.82, 2.24) is 0 Å². The Morgan fingerprint density at radius 1 is 0.266 bits per heavy atom. The summed E-state index contributed by atoms with van der Waals surface area (Å²) in [5.41, 5.74) is 0. The Morgan fingerprint density at radius 3 is 0.823 bits per heavy atom. The van der Waals surface area contributed by atoms with Crippen LogP contribution >= 0.6 is 0 Å². The molecule has 0 spiro atoms. The number of rotatable bonds is 58. The van der Waals surface area contributed by atoms with Gasteiger partial charge in [-0.1, -0.05) is 264 Å². The molecule has 1 unspecified atom stereocenters. The van der Waals surface area contributed by atoms with Crippen LogP contribution in [-0.4, -0.2) is 37.2 Å². The maximum Gasteiger partial charge on any atom is 0.306 e. The summed E-state index contributed by atoms with van der Waals surface area (Å²) >= 11 is 0. The van der Waals surface area contributed by atoms with Crippen LogP contribution in [0.4, 0.5) is 0 Å². The molecule has 0 aliphatic carbocycles. The van der Waals surface area contributed by atoms with Crippen LogP contribution in [0.3, 0.4) is 0 Å². The average Bonchev–Trinajstić information content (AvgIpc) is 3.45. The summed E-state index contributed by atoms with van der Waals surface area (Å²) < 4.78 is 16.9. The third-order valence-electron chi connectivity index (χ3n) is 13.6. The Balaban J connectivity index is 4.46. The largest absolute Gasteiger partial charge is 0.462 e. The molecule has 1 atom stereocenters. The summed E-state index contributed by atoms with van der Waals surface area (Å²) in [6, 6.07) is 0. The number of hydrogen-bond donors (Lipinski definition) is 0. The van der Waals surface area contributed by atoms with Gasteiger partial charge in [0.1, 0.15) is 13.2 Å². The summed E-state index contributed by atoms with van der Waals surface area (Å²) in [5.74, 6) is -0.965. The molecule has 0 bridgehead atoms. The highest BCUT2D eigenvalue weighted by Crippen LogP contribution is 2.15. The molecule has 0 aromatic heterocycles. The topological polar surface area (TPSA) is 78.9 Å². The first kappa shape index (κ1) is 74.5. The fourth-order valence-corrected chi connectivity index (χ4v) is 8.72.